The number of rotatable bonds is 4. The highest BCUT2D eigenvalue weighted by Crippen LogP contribution is 2.29. The number of nitrogens with zero attached hydrogens (tertiary/aromatic N) is 4. The van der Waals surface area contributed by atoms with Crippen LogP contribution in [-0.2, 0) is 0 Å². The van der Waals surface area contributed by atoms with Gasteiger partial charge in [0.1, 0.15) is 0 Å². The van der Waals surface area contributed by atoms with Crippen LogP contribution < -0.4 is 10.2 Å². The Bertz CT molecular complexity index is 687. The second-order valence-electron chi connectivity index (χ2n) is 6.93. The third-order valence-electron chi connectivity index (χ3n) is 5.33. The van der Waals surface area contributed by atoms with Gasteiger partial charge in [0, 0.05) is 32.2 Å². The van der Waals surface area contributed by atoms with Crippen LogP contribution in [0.2, 0.25) is 0 Å². The fourth-order valence-corrected chi connectivity index (χ4v) is 3.82. The van der Waals surface area contributed by atoms with Crippen LogP contribution in [0.15, 0.2) is 24.3 Å². The van der Waals surface area contributed by atoms with E-state index in [1.807, 2.05) is 12.1 Å². The SMILES string of the molecule is CCN1CCC(Nc2nc3ccccc3nc2N2CCCC2)CC1. The van der Waals surface area contributed by atoms with Crippen molar-refractivity contribution < 1.29 is 0 Å². The van der Waals surface area contributed by atoms with Crippen LogP contribution >= 0.6 is 0 Å². The Labute approximate surface area is 144 Å². The molecule has 0 amide bonds. The van der Waals surface area contributed by atoms with Crippen LogP contribution in [0.5, 0.6) is 0 Å². The van der Waals surface area contributed by atoms with Crippen LogP contribution in [0.4, 0.5) is 11.6 Å². The molecule has 5 nitrogen and oxygen atoms in total. The molecule has 3 heterocycles. The second kappa shape index (κ2) is 6.93. The molecule has 2 aliphatic heterocycles. The van der Waals surface area contributed by atoms with E-state index >= 15 is 0 Å². The zero-order valence-electron chi connectivity index (χ0n) is 14.5. The summed E-state index contributed by atoms with van der Waals surface area (Å²) in [4.78, 5) is 14.8. The number of para-hydroxylation sites is 2. The molecule has 1 N–H and O–H groups in total. The molecule has 0 saturated carbocycles. The molecule has 2 fully saturated rings. The lowest BCUT2D eigenvalue weighted by molar-refractivity contribution is 0.229. The van der Waals surface area contributed by atoms with E-state index in [0.717, 1.165) is 42.3 Å². The zero-order valence-corrected chi connectivity index (χ0v) is 14.5. The molecule has 2 aromatic rings. The van der Waals surface area contributed by atoms with Crippen LogP contribution in [0.1, 0.15) is 32.6 Å². The van der Waals surface area contributed by atoms with Crippen LogP contribution in [0.3, 0.4) is 0 Å². The van der Waals surface area contributed by atoms with E-state index in [2.05, 4.69) is 34.2 Å². The second-order valence-corrected chi connectivity index (χ2v) is 6.93. The highest BCUT2D eigenvalue weighted by Gasteiger charge is 2.23. The van der Waals surface area contributed by atoms with E-state index in [1.165, 1.54) is 38.8 Å². The lowest BCUT2D eigenvalue weighted by Gasteiger charge is -2.32. The van der Waals surface area contributed by atoms with E-state index in [0.29, 0.717) is 6.04 Å². The van der Waals surface area contributed by atoms with Crippen molar-refractivity contribution in [3.63, 3.8) is 0 Å². The van der Waals surface area contributed by atoms with Gasteiger partial charge in [0.25, 0.3) is 0 Å². The number of benzene rings is 1. The maximum Gasteiger partial charge on any atom is 0.172 e. The van der Waals surface area contributed by atoms with Crippen LogP contribution in [-0.4, -0.2) is 53.6 Å². The first kappa shape index (κ1) is 15.6. The molecule has 2 aliphatic rings. The number of likely N-dealkylation sites (tertiary alicyclic amines) is 1. The topological polar surface area (TPSA) is 44.3 Å². The van der Waals surface area contributed by atoms with Gasteiger partial charge in [-0.2, -0.15) is 0 Å². The van der Waals surface area contributed by atoms with Gasteiger partial charge in [-0.05, 0) is 44.4 Å². The van der Waals surface area contributed by atoms with Crippen molar-refractivity contribution in [2.75, 3.05) is 42.9 Å². The largest absolute Gasteiger partial charge is 0.364 e. The van der Waals surface area contributed by atoms with Gasteiger partial charge in [-0.25, -0.2) is 9.97 Å². The van der Waals surface area contributed by atoms with Crippen molar-refractivity contribution in [3.05, 3.63) is 24.3 Å². The Balaban J connectivity index is 1.61. The predicted molar refractivity (Wildman–Crippen MR) is 99.7 cm³/mol. The minimum absolute atomic E-state index is 0.504. The fraction of sp³-hybridized carbons (Fsp3) is 0.579. The monoisotopic (exact) mass is 325 g/mol. The predicted octanol–water partition coefficient (Wildman–Crippen LogP) is 3.13. The van der Waals surface area contributed by atoms with Crippen molar-refractivity contribution in [1.29, 1.82) is 0 Å². The smallest absolute Gasteiger partial charge is 0.172 e. The van der Waals surface area contributed by atoms with Gasteiger partial charge in [0.15, 0.2) is 11.6 Å². The van der Waals surface area contributed by atoms with Crippen molar-refractivity contribution >= 4 is 22.7 Å². The Hall–Kier alpha value is -1.88. The molecule has 2 saturated heterocycles. The number of fused-ring (bicyclic) bond motifs is 1. The molecular weight excluding hydrogens is 298 g/mol. The normalized spacial score (nSPS) is 20.0. The summed E-state index contributed by atoms with van der Waals surface area (Å²) < 4.78 is 0. The minimum Gasteiger partial charge on any atom is -0.364 e. The molecule has 1 aromatic heterocycles. The van der Waals surface area contributed by atoms with E-state index < -0.39 is 0 Å². The summed E-state index contributed by atoms with van der Waals surface area (Å²) in [6, 6.07) is 8.70. The van der Waals surface area contributed by atoms with Crippen LogP contribution in [0.25, 0.3) is 11.0 Å². The third-order valence-corrected chi connectivity index (χ3v) is 5.33. The summed E-state index contributed by atoms with van der Waals surface area (Å²) in [5, 5.41) is 3.72. The third kappa shape index (κ3) is 3.18. The first-order valence-corrected chi connectivity index (χ1v) is 9.34. The quantitative estimate of drug-likeness (QED) is 0.935. The van der Waals surface area contributed by atoms with Gasteiger partial charge < -0.3 is 15.1 Å². The number of hydrogen-bond acceptors (Lipinski definition) is 5. The molecule has 1 aromatic carbocycles. The highest BCUT2D eigenvalue weighted by molar-refractivity contribution is 5.80. The first-order valence-electron chi connectivity index (χ1n) is 9.34. The Morgan fingerprint density at radius 1 is 1.00 bits per heavy atom. The van der Waals surface area contributed by atoms with Gasteiger partial charge in [-0.1, -0.05) is 19.1 Å². The Morgan fingerprint density at radius 3 is 2.33 bits per heavy atom. The molecule has 0 bridgehead atoms. The molecule has 0 atom stereocenters. The standard InChI is InChI=1S/C19H27N5/c1-2-23-13-9-15(10-14-23)20-18-19(24-11-5-6-12-24)22-17-8-4-3-7-16(17)21-18/h3-4,7-8,15H,2,5-6,9-14H2,1H3,(H,20,21). The molecule has 128 valence electrons. The molecule has 0 unspecified atom stereocenters. The molecular formula is C19H27N5. The number of piperidine rings is 1. The first-order chi connectivity index (χ1) is 11.8. The zero-order chi connectivity index (χ0) is 16.4. The maximum atomic E-state index is 4.94. The summed E-state index contributed by atoms with van der Waals surface area (Å²) in [5.74, 6) is 2.02. The summed E-state index contributed by atoms with van der Waals surface area (Å²) in [6.45, 7) is 7.93. The summed E-state index contributed by atoms with van der Waals surface area (Å²) in [7, 11) is 0. The van der Waals surface area contributed by atoms with Gasteiger partial charge in [-0.15, -0.1) is 0 Å². The molecule has 24 heavy (non-hydrogen) atoms. The Kier molecular flexibility index (Phi) is 4.52. The van der Waals surface area contributed by atoms with Crippen molar-refractivity contribution in [2.45, 2.75) is 38.6 Å². The average molecular weight is 325 g/mol. The molecule has 5 heteroatoms. The van der Waals surface area contributed by atoms with Crippen molar-refractivity contribution in [3.8, 4) is 0 Å². The summed E-state index contributed by atoms with van der Waals surface area (Å²) >= 11 is 0. The van der Waals surface area contributed by atoms with Crippen molar-refractivity contribution in [2.24, 2.45) is 0 Å². The van der Waals surface area contributed by atoms with Gasteiger partial charge in [0.05, 0.1) is 11.0 Å². The summed E-state index contributed by atoms with van der Waals surface area (Å²) in [6.07, 6.45) is 4.87. The lowest BCUT2D eigenvalue weighted by Crippen LogP contribution is -2.39. The van der Waals surface area contributed by atoms with E-state index in [1.54, 1.807) is 0 Å². The molecule has 0 spiro atoms. The van der Waals surface area contributed by atoms with E-state index in [9.17, 15) is 0 Å². The van der Waals surface area contributed by atoms with Crippen LogP contribution in [0, 0.1) is 0 Å². The molecule has 4 rings (SSSR count). The van der Waals surface area contributed by atoms with Gasteiger partial charge >= 0.3 is 0 Å². The number of nitrogens with one attached hydrogen (secondary N) is 1. The number of hydrogen-bond donors (Lipinski definition) is 1. The van der Waals surface area contributed by atoms with Gasteiger partial charge in [-0.3, -0.25) is 0 Å². The van der Waals surface area contributed by atoms with Gasteiger partial charge in [0.2, 0.25) is 0 Å². The lowest BCUT2D eigenvalue weighted by atomic mass is 10.1. The number of anilines is 2. The van der Waals surface area contributed by atoms with E-state index in [4.69, 9.17) is 9.97 Å². The summed E-state index contributed by atoms with van der Waals surface area (Å²) in [5.41, 5.74) is 1.97. The average Bonchev–Trinajstić information content (AvgIpc) is 3.16. The number of aromatic nitrogens is 2. The van der Waals surface area contributed by atoms with E-state index in [-0.39, 0.29) is 0 Å². The highest BCUT2D eigenvalue weighted by atomic mass is 15.2. The fourth-order valence-electron chi connectivity index (χ4n) is 3.82. The molecule has 0 aliphatic carbocycles. The maximum absolute atomic E-state index is 4.94. The molecule has 0 radical (unpaired) electrons. The minimum atomic E-state index is 0.504. The van der Waals surface area contributed by atoms with Crippen molar-refractivity contribution in [1.82, 2.24) is 14.9 Å². The Morgan fingerprint density at radius 2 is 1.67 bits per heavy atom.